The van der Waals surface area contributed by atoms with E-state index in [1.165, 1.54) is 6.92 Å². The Bertz CT molecular complexity index is 840. The van der Waals surface area contributed by atoms with E-state index in [4.69, 9.17) is 12.2 Å². The van der Waals surface area contributed by atoms with Crippen molar-refractivity contribution < 1.29 is 9.59 Å². The quantitative estimate of drug-likeness (QED) is 0.671. The summed E-state index contributed by atoms with van der Waals surface area (Å²) in [6.45, 7) is 1.33. The van der Waals surface area contributed by atoms with Crippen LogP contribution in [-0.4, -0.2) is 30.7 Å². The number of imidazole rings is 1. The fourth-order valence-corrected chi connectivity index (χ4v) is 3.28. The molecule has 6 nitrogen and oxygen atoms in total. The lowest BCUT2D eigenvalue weighted by Crippen LogP contribution is -2.43. The van der Waals surface area contributed by atoms with Crippen LogP contribution in [0.25, 0.3) is 17.1 Å². The van der Waals surface area contributed by atoms with Crippen molar-refractivity contribution in [1.29, 1.82) is 0 Å². The Hall–Kier alpha value is -2.19. The molecule has 0 spiro atoms. The van der Waals surface area contributed by atoms with E-state index >= 15 is 0 Å². The molecule has 1 fully saturated rings. The first-order valence-electron chi connectivity index (χ1n) is 6.44. The van der Waals surface area contributed by atoms with Gasteiger partial charge in [0.15, 0.2) is 4.32 Å². The summed E-state index contributed by atoms with van der Waals surface area (Å²) >= 11 is 6.25. The monoisotopic (exact) mass is 332 g/mol. The third-order valence-corrected chi connectivity index (χ3v) is 4.45. The average Bonchev–Trinajstić information content (AvgIpc) is 2.92. The Labute approximate surface area is 136 Å². The number of benzene rings is 1. The van der Waals surface area contributed by atoms with E-state index in [9.17, 15) is 9.59 Å². The first kappa shape index (κ1) is 14.7. The minimum absolute atomic E-state index is 0.296. The van der Waals surface area contributed by atoms with Crippen LogP contribution in [0, 0.1) is 0 Å². The summed E-state index contributed by atoms with van der Waals surface area (Å²) < 4.78 is 2.20. The Morgan fingerprint density at radius 3 is 2.82 bits per heavy atom. The van der Waals surface area contributed by atoms with Gasteiger partial charge in [0.25, 0.3) is 5.91 Å². The number of para-hydroxylation sites is 2. The van der Waals surface area contributed by atoms with Gasteiger partial charge in [0.1, 0.15) is 5.82 Å². The second-order valence-corrected chi connectivity index (χ2v) is 6.38. The second-order valence-electron chi connectivity index (χ2n) is 4.70. The Balaban J connectivity index is 1.98. The minimum Gasteiger partial charge on any atom is -0.328 e. The second kappa shape index (κ2) is 5.54. The summed E-state index contributed by atoms with van der Waals surface area (Å²) in [6.07, 6.45) is 1.68. The number of carbonyl (C=O) groups excluding carboxylic acids is 2. The molecule has 1 aromatic heterocycles. The number of nitrogens with zero attached hydrogens (tertiary/aromatic N) is 3. The summed E-state index contributed by atoms with van der Waals surface area (Å²) in [6, 6.07) is 7.72. The SMILES string of the molecule is CC(=O)NN1C(=O)/C(=C\c2nc3ccccc3n2C)SC1=S. The van der Waals surface area contributed by atoms with E-state index in [1.807, 2.05) is 35.9 Å². The number of thiocarbonyl (C=S) groups is 1. The van der Waals surface area contributed by atoms with Crippen LogP contribution < -0.4 is 5.43 Å². The summed E-state index contributed by atoms with van der Waals surface area (Å²) in [7, 11) is 1.88. The highest BCUT2D eigenvalue weighted by Gasteiger charge is 2.33. The zero-order valence-electron chi connectivity index (χ0n) is 11.9. The molecule has 1 aliphatic heterocycles. The molecule has 1 N–H and O–H groups in total. The predicted octanol–water partition coefficient (Wildman–Crippen LogP) is 1.83. The molecular formula is C14H12N4O2S2. The van der Waals surface area contributed by atoms with Crippen LogP contribution in [0.2, 0.25) is 0 Å². The fraction of sp³-hybridized carbons (Fsp3) is 0.143. The Morgan fingerprint density at radius 2 is 2.14 bits per heavy atom. The van der Waals surface area contributed by atoms with Gasteiger partial charge in [-0.15, -0.1) is 0 Å². The number of hydrogen-bond acceptors (Lipinski definition) is 5. The molecule has 2 amide bonds. The molecule has 0 atom stereocenters. The van der Waals surface area contributed by atoms with Crippen molar-refractivity contribution in [1.82, 2.24) is 20.0 Å². The standard InChI is InChI=1S/C14H12N4O2S2/c1-8(19)16-18-13(20)11(22-14(18)21)7-12-15-9-5-3-4-6-10(9)17(12)2/h3-7H,1-2H3,(H,16,19)/b11-7+. The lowest BCUT2D eigenvalue weighted by Gasteiger charge is -2.13. The molecule has 0 radical (unpaired) electrons. The molecular weight excluding hydrogens is 320 g/mol. The number of hydrogen-bond donors (Lipinski definition) is 1. The van der Waals surface area contributed by atoms with Gasteiger partial charge in [0, 0.05) is 20.0 Å². The number of carbonyl (C=O) groups is 2. The molecule has 2 aromatic rings. The maximum atomic E-state index is 12.3. The highest BCUT2D eigenvalue weighted by molar-refractivity contribution is 8.26. The van der Waals surface area contributed by atoms with Gasteiger partial charge in [-0.2, -0.15) is 5.01 Å². The molecule has 0 aliphatic carbocycles. The van der Waals surface area contributed by atoms with Crippen LogP contribution in [0.4, 0.5) is 0 Å². The number of rotatable bonds is 2. The van der Waals surface area contributed by atoms with Gasteiger partial charge in [-0.05, 0) is 24.4 Å². The zero-order valence-corrected chi connectivity index (χ0v) is 13.5. The topological polar surface area (TPSA) is 67.2 Å². The lowest BCUT2D eigenvalue weighted by molar-refractivity contribution is -0.131. The maximum absolute atomic E-state index is 12.3. The van der Waals surface area contributed by atoms with E-state index in [1.54, 1.807) is 6.08 Å². The van der Waals surface area contributed by atoms with Crippen molar-refractivity contribution in [2.24, 2.45) is 7.05 Å². The van der Waals surface area contributed by atoms with E-state index < -0.39 is 0 Å². The third-order valence-electron chi connectivity index (χ3n) is 3.14. The smallest absolute Gasteiger partial charge is 0.285 e. The first-order valence-corrected chi connectivity index (χ1v) is 7.66. The van der Waals surface area contributed by atoms with Gasteiger partial charge in [-0.1, -0.05) is 23.9 Å². The largest absolute Gasteiger partial charge is 0.328 e. The number of aromatic nitrogens is 2. The van der Waals surface area contributed by atoms with Crippen molar-refractivity contribution in [2.45, 2.75) is 6.92 Å². The Morgan fingerprint density at radius 1 is 1.41 bits per heavy atom. The number of aryl methyl sites for hydroxylation is 1. The predicted molar refractivity (Wildman–Crippen MR) is 89.5 cm³/mol. The van der Waals surface area contributed by atoms with E-state index in [2.05, 4.69) is 10.4 Å². The molecule has 1 saturated heterocycles. The van der Waals surface area contributed by atoms with Gasteiger partial charge in [-0.3, -0.25) is 15.0 Å². The summed E-state index contributed by atoms with van der Waals surface area (Å²) in [4.78, 5) is 28.3. The number of thioether (sulfide) groups is 1. The summed E-state index contributed by atoms with van der Waals surface area (Å²) in [5, 5.41) is 1.08. The van der Waals surface area contributed by atoms with Crippen molar-refractivity contribution >= 4 is 57.2 Å². The molecule has 8 heteroatoms. The van der Waals surface area contributed by atoms with Gasteiger partial charge in [-0.25, -0.2) is 4.98 Å². The number of amides is 2. The van der Waals surface area contributed by atoms with E-state index in [0.29, 0.717) is 15.1 Å². The van der Waals surface area contributed by atoms with Crippen LogP contribution >= 0.6 is 24.0 Å². The van der Waals surface area contributed by atoms with Crippen LogP contribution in [-0.2, 0) is 16.6 Å². The van der Waals surface area contributed by atoms with Crippen molar-refractivity contribution in [3.05, 3.63) is 35.0 Å². The van der Waals surface area contributed by atoms with Crippen LogP contribution in [0.3, 0.4) is 0 Å². The summed E-state index contributed by atoms with van der Waals surface area (Å²) in [5.41, 5.74) is 4.25. The number of hydrazine groups is 1. The average molecular weight is 332 g/mol. The fourth-order valence-electron chi connectivity index (χ4n) is 2.13. The molecule has 0 bridgehead atoms. The first-order chi connectivity index (χ1) is 10.5. The van der Waals surface area contributed by atoms with Crippen LogP contribution in [0.15, 0.2) is 29.2 Å². The molecule has 2 heterocycles. The van der Waals surface area contributed by atoms with Gasteiger partial charge < -0.3 is 4.57 Å². The number of fused-ring (bicyclic) bond motifs is 1. The molecule has 112 valence electrons. The Kier molecular flexibility index (Phi) is 3.71. The van der Waals surface area contributed by atoms with Crippen molar-refractivity contribution in [3.63, 3.8) is 0 Å². The summed E-state index contributed by atoms with van der Waals surface area (Å²) in [5.74, 6) is -0.0398. The normalized spacial score (nSPS) is 16.8. The number of nitrogens with one attached hydrogen (secondary N) is 1. The molecule has 1 aromatic carbocycles. The highest BCUT2D eigenvalue weighted by Crippen LogP contribution is 2.31. The van der Waals surface area contributed by atoms with Gasteiger partial charge in [0.05, 0.1) is 15.9 Å². The van der Waals surface area contributed by atoms with Gasteiger partial charge >= 0.3 is 0 Å². The van der Waals surface area contributed by atoms with E-state index in [0.717, 1.165) is 27.8 Å². The molecule has 22 heavy (non-hydrogen) atoms. The highest BCUT2D eigenvalue weighted by atomic mass is 32.2. The zero-order chi connectivity index (χ0) is 15.9. The van der Waals surface area contributed by atoms with E-state index in [-0.39, 0.29) is 11.8 Å². The lowest BCUT2D eigenvalue weighted by atomic mass is 10.3. The van der Waals surface area contributed by atoms with Crippen LogP contribution in [0.5, 0.6) is 0 Å². The minimum atomic E-state index is -0.350. The van der Waals surface area contributed by atoms with Crippen molar-refractivity contribution in [3.8, 4) is 0 Å². The van der Waals surface area contributed by atoms with Crippen molar-refractivity contribution in [2.75, 3.05) is 0 Å². The molecule has 1 aliphatic rings. The molecule has 0 saturated carbocycles. The molecule has 3 rings (SSSR count). The van der Waals surface area contributed by atoms with Gasteiger partial charge in [0.2, 0.25) is 5.91 Å². The maximum Gasteiger partial charge on any atom is 0.285 e. The molecule has 0 unspecified atom stereocenters. The van der Waals surface area contributed by atoms with Crippen LogP contribution in [0.1, 0.15) is 12.7 Å². The third kappa shape index (κ3) is 2.51.